The number of likely N-dealkylation sites (N-methyl/N-ethyl adjacent to an activating group) is 1. The number of aryl methyl sites for hydroxylation is 1. The highest BCUT2D eigenvalue weighted by Gasteiger charge is 2.27. The molecule has 2 aromatic heterocycles. The Morgan fingerprint density at radius 2 is 2.38 bits per heavy atom. The summed E-state index contributed by atoms with van der Waals surface area (Å²) in [5.74, 6) is 1.34. The fourth-order valence-electron chi connectivity index (χ4n) is 2.58. The first kappa shape index (κ1) is 14.8. The first-order valence-corrected chi connectivity index (χ1v) is 7.95. The molecule has 1 fully saturated rings. The zero-order valence-electron chi connectivity index (χ0n) is 12.0. The van der Waals surface area contributed by atoms with Crippen molar-refractivity contribution in [2.45, 2.75) is 32.5 Å². The van der Waals surface area contributed by atoms with Crippen molar-refractivity contribution in [3.05, 3.63) is 21.7 Å². The number of hydrogen-bond acceptors (Lipinski definition) is 8. The summed E-state index contributed by atoms with van der Waals surface area (Å²) < 4.78 is 9.57. The van der Waals surface area contributed by atoms with Crippen molar-refractivity contribution in [1.82, 2.24) is 29.5 Å². The summed E-state index contributed by atoms with van der Waals surface area (Å²) in [7, 11) is 2.09. The quantitative estimate of drug-likeness (QED) is 0.825. The molecule has 0 aromatic carbocycles. The van der Waals surface area contributed by atoms with E-state index >= 15 is 0 Å². The Balaban J connectivity index is 1.53. The normalized spacial score (nSPS) is 19.7. The van der Waals surface area contributed by atoms with E-state index in [4.69, 9.17) is 16.1 Å². The third kappa shape index (κ3) is 3.57. The monoisotopic (exact) mass is 328 g/mol. The van der Waals surface area contributed by atoms with Gasteiger partial charge in [0.15, 0.2) is 5.82 Å². The number of rotatable bonds is 5. The van der Waals surface area contributed by atoms with E-state index in [0.29, 0.717) is 22.8 Å². The van der Waals surface area contributed by atoms with Gasteiger partial charge in [-0.3, -0.25) is 9.80 Å². The highest BCUT2D eigenvalue weighted by molar-refractivity contribution is 7.10. The van der Waals surface area contributed by atoms with Crippen LogP contribution in [0.2, 0.25) is 4.34 Å². The van der Waals surface area contributed by atoms with Gasteiger partial charge in [0.2, 0.25) is 5.89 Å². The molecule has 0 bridgehead atoms. The fraction of sp³-hybridized carbons (Fsp3) is 0.667. The Hall–Kier alpha value is -1.09. The molecule has 21 heavy (non-hydrogen) atoms. The van der Waals surface area contributed by atoms with Crippen LogP contribution in [0.1, 0.15) is 23.8 Å². The van der Waals surface area contributed by atoms with Crippen molar-refractivity contribution in [1.29, 1.82) is 0 Å². The van der Waals surface area contributed by atoms with Gasteiger partial charge in [0, 0.05) is 44.1 Å². The van der Waals surface area contributed by atoms with Gasteiger partial charge in [-0.05, 0) is 13.5 Å². The fourth-order valence-corrected chi connectivity index (χ4v) is 3.19. The van der Waals surface area contributed by atoms with Crippen LogP contribution >= 0.6 is 23.1 Å². The lowest BCUT2D eigenvalue weighted by Gasteiger charge is -2.23. The average molecular weight is 329 g/mol. The molecule has 0 radical (unpaired) electrons. The number of halogens is 1. The molecule has 0 aliphatic carbocycles. The maximum absolute atomic E-state index is 6.06. The van der Waals surface area contributed by atoms with Gasteiger partial charge in [-0.1, -0.05) is 21.2 Å². The van der Waals surface area contributed by atoms with Gasteiger partial charge in [0.05, 0.1) is 6.54 Å². The minimum Gasteiger partial charge on any atom is -0.340 e. The number of hydrogen-bond donors (Lipinski definition) is 0. The van der Waals surface area contributed by atoms with E-state index in [1.165, 1.54) is 11.5 Å². The summed E-state index contributed by atoms with van der Waals surface area (Å²) in [6.45, 7) is 5.30. The summed E-state index contributed by atoms with van der Waals surface area (Å²) in [4.78, 5) is 8.87. The third-order valence-corrected chi connectivity index (χ3v) is 4.70. The highest BCUT2D eigenvalue weighted by atomic mass is 35.5. The van der Waals surface area contributed by atoms with Crippen LogP contribution in [-0.4, -0.2) is 55.7 Å². The molecule has 3 heterocycles. The smallest absolute Gasteiger partial charge is 0.223 e. The molecule has 9 heteroatoms. The molecule has 1 atom stereocenters. The van der Waals surface area contributed by atoms with E-state index in [9.17, 15) is 0 Å². The molecule has 3 rings (SSSR count). The molecular weight excluding hydrogens is 312 g/mol. The Morgan fingerprint density at radius 3 is 3.05 bits per heavy atom. The van der Waals surface area contributed by atoms with Crippen LogP contribution in [0.15, 0.2) is 4.52 Å². The van der Waals surface area contributed by atoms with E-state index < -0.39 is 0 Å². The predicted octanol–water partition coefficient (Wildman–Crippen LogP) is 1.59. The van der Waals surface area contributed by atoms with Crippen LogP contribution in [0.3, 0.4) is 0 Å². The van der Waals surface area contributed by atoms with Gasteiger partial charge in [-0.2, -0.15) is 4.98 Å². The molecule has 1 saturated heterocycles. The molecule has 0 unspecified atom stereocenters. The lowest BCUT2D eigenvalue weighted by Crippen LogP contribution is -2.34. The minimum absolute atomic E-state index is 0.481. The van der Waals surface area contributed by atoms with Crippen LogP contribution in [0, 0.1) is 6.92 Å². The summed E-state index contributed by atoms with van der Waals surface area (Å²) in [5, 5.41) is 8.01. The van der Waals surface area contributed by atoms with Crippen molar-refractivity contribution in [3.63, 3.8) is 0 Å². The van der Waals surface area contributed by atoms with Crippen molar-refractivity contribution >= 4 is 23.1 Å². The van der Waals surface area contributed by atoms with Crippen molar-refractivity contribution in [2.75, 3.05) is 20.1 Å². The van der Waals surface area contributed by atoms with Gasteiger partial charge >= 0.3 is 0 Å². The minimum atomic E-state index is 0.481. The summed E-state index contributed by atoms with van der Waals surface area (Å²) in [6.07, 6.45) is 1.11. The average Bonchev–Trinajstić information content (AvgIpc) is 3.14. The molecule has 2 aromatic rings. The molecule has 1 aliphatic heterocycles. The number of nitrogens with zero attached hydrogens (tertiary/aromatic N) is 6. The first-order valence-electron chi connectivity index (χ1n) is 6.80. The zero-order chi connectivity index (χ0) is 14.8. The lowest BCUT2D eigenvalue weighted by molar-refractivity contribution is 0.215. The number of likely N-dealkylation sites (tertiary alicyclic amines) is 1. The zero-order valence-corrected chi connectivity index (χ0v) is 13.6. The second kappa shape index (κ2) is 6.35. The Bertz CT molecular complexity index is 602. The van der Waals surface area contributed by atoms with Gasteiger partial charge in [0.1, 0.15) is 10.0 Å². The molecular formula is C12H17ClN6OS. The maximum Gasteiger partial charge on any atom is 0.223 e. The third-order valence-electron chi connectivity index (χ3n) is 3.71. The molecule has 0 N–H and O–H groups in total. The summed E-state index contributed by atoms with van der Waals surface area (Å²) in [5.41, 5.74) is 0.874. The van der Waals surface area contributed by atoms with E-state index in [-0.39, 0.29) is 0 Å². The molecule has 114 valence electrons. The predicted molar refractivity (Wildman–Crippen MR) is 79.1 cm³/mol. The molecule has 7 nitrogen and oxygen atoms in total. The van der Waals surface area contributed by atoms with Gasteiger partial charge in [-0.15, -0.1) is 5.10 Å². The highest BCUT2D eigenvalue weighted by Crippen LogP contribution is 2.22. The first-order chi connectivity index (χ1) is 10.1. The van der Waals surface area contributed by atoms with E-state index in [0.717, 1.165) is 37.6 Å². The van der Waals surface area contributed by atoms with Crippen molar-refractivity contribution < 1.29 is 4.52 Å². The number of aromatic nitrogens is 4. The molecule has 0 saturated carbocycles. The second-order valence-corrected chi connectivity index (χ2v) is 6.67. The van der Waals surface area contributed by atoms with Crippen LogP contribution in [0.25, 0.3) is 0 Å². The summed E-state index contributed by atoms with van der Waals surface area (Å²) in [6, 6.07) is 0.481. The van der Waals surface area contributed by atoms with Gasteiger partial charge in [0.25, 0.3) is 0 Å². The van der Waals surface area contributed by atoms with Crippen LogP contribution < -0.4 is 0 Å². The van der Waals surface area contributed by atoms with Gasteiger partial charge in [-0.25, -0.2) is 0 Å². The Morgan fingerprint density at radius 1 is 1.52 bits per heavy atom. The second-order valence-electron chi connectivity index (χ2n) is 5.32. The largest absolute Gasteiger partial charge is 0.340 e. The van der Waals surface area contributed by atoms with E-state index in [1.807, 2.05) is 0 Å². The van der Waals surface area contributed by atoms with Crippen LogP contribution in [0.4, 0.5) is 0 Å². The Kier molecular flexibility index (Phi) is 4.48. The van der Waals surface area contributed by atoms with E-state index in [2.05, 4.69) is 36.6 Å². The van der Waals surface area contributed by atoms with Crippen LogP contribution in [-0.2, 0) is 13.1 Å². The lowest BCUT2D eigenvalue weighted by atomic mass is 10.2. The standard InChI is InChI=1S/C12H17ClN6OS/c1-8-14-11(16-20-8)7-18(2)9-3-4-19(5-9)6-10-12(13)21-17-15-10/h9H,3-7H2,1-2H3/t9-/m0/s1. The van der Waals surface area contributed by atoms with Crippen molar-refractivity contribution in [3.8, 4) is 0 Å². The molecule has 1 aliphatic rings. The Labute approximate surface area is 132 Å². The van der Waals surface area contributed by atoms with Crippen LogP contribution in [0.5, 0.6) is 0 Å². The molecule has 0 spiro atoms. The topological polar surface area (TPSA) is 71.2 Å². The SMILES string of the molecule is Cc1nc(CN(C)[C@H]2CCN(Cc3nnsc3Cl)C2)no1. The van der Waals surface area contributed by atoms with Gasteiger partial charge < -0.3 is 4.52 Å². The maximum atomic E-state index is 6.06. The van der Waals surface area contributed by atoms with E-state index in [1.54, 1.807) is 6.92 Å². The van der Waals surface area contributed by atoms with Crippen molar-refractivity contribution in [2.24, 2.45) is 0 Å². The summed E-state index contributed by atoms with van der Waals surface area (Å²) >= 11 is 7.30. The molecule has 0 amide bonds.